The van der Waals surface area contributed by atoms with Crippen LogP contribution in [0.5, 0.6) is 0 Å². The minimum Gasteiger partial charge on any atom is -0.759 e. The molecule has 0 aromatic rings. The van der Waals surface area contributed by atoms with Gasteiger partial charge in [0.25, 0.3) is 0 Å². The summed E-state index contributed by atoms with van der Waals surface area (Å²) < 4.78 is 34.1. The topological polar surface area (TPSA) is 301 Å². The van der Waals surface area contributed by atoms with Crippen LogP contribution in [0.3, 0.4) is 0 Å². The second-order valence-electron chi connectivity index (χ2n) is 0.408. The van der Waals surface area contributed by atoms with Crippen LogP contribution in [0.2, 0.25) is 0 Å². The van der Waals surface area contributed by atoms with Crippen molar-refractivity contribution in [1.82, 2.24) is 0 Å². The van der Waals surface area contributed by atoms with Crippen LogP contribution in [0.25, 0.3) is 0 Å². The van der Waals surface area contributed by atoms with E-state index in [1.54, 1.807) is 0 Å². The fourth-order valence-electron chi connectivity index (χ4n) is 0. The van der Waals surface area contributed by atoms with Gasteiger partial charge < -0.3 is 47.4 Å². The molecule has 0 aliphatic rings. The first kappa shape index (κ1) is 110. The van der Waals surface area contributed by atoms with Gasteiger partial charge in [0.05, 0.1) is 0 Å². The van der Waals surface area contributed by atoms with Crippen molar-refractivity contribution in [2.45, 2.75) is 0 Å². The molecule has 0 unspecified atom stereocenters. The van der Waals surface area contributed by atoms with E-state index in [1.807, 2.05) is 0 Å². The molecule has 14 heavy (non-hydrogen) atoms. The quantitative estimate of drug-likeness (QED) is 0.234. The second kappa shape index (κ2) is 47.3. The summed E-state index contributed by atoms with van der Waals surface area (Å²) in [6, 6.07) is 0. The molecule has 0 rings (SSSR count). The molecule has 0 radical (unpaired) electrons. The molecule has 0 aliphatic carbocycles. The van der Waals surface area contributed by atoms with E-state index in [-0.39, 0.29) is 90.9 Å². The molecule has 0 heterocycles. The second-order valence-corrected chi connectivity index (χ2v) is 1.22. The summed E-state index contributed by atoms with van der Waals surface area (Å²) in [6.07, 6.45) is 0. The Balaban J connectivity index is -0.00000000222. The summed E-state index contributed by atoms with van der Waals surface area (Å²) in [4.78, 5) is 0. The summed E-state index contributed by atoms with van der Waals surface area (Å²) in [5.41, 5.74) is 0. The van der Waals surface area contributed by atoms with Crippen molar-refractivity contribution >= 4 is 33.5 Å². The van der Waals surface area contributed by atoms with Crippen LogP contribution in [0, 0.1) is 0 Å². The van der Waals surface area contributed by atoms with Crippen molar-refractivity contribution in [2.75, 3.05) is 0 Å². The number of hydrogen-bond acceptors (Lipinski definition) is 4. The molecule has 0 bridgehead atoms. The molecule has 14 heteroatoms. The predicted octanol–water partition coefficient (Wildman–Crippen LogP) is -10.5. The molecule has 0 spiro atoms. The minimum absolute atomic E-state index is 0. The van der Waals surface area contributed by atoms with E-state index in [9.17, 15) is 0 Å². The molecule has 0 fully saturated rings. The molecular formula is H14MgNaO11S+. The van der Waals surface area contributed by atoms with Crippen molar-refractivity contribution in [2.24, 2.45) is 0 Å². The molecule has 0 atom stereocenters. The predicted molar refractivity (Wildman–Crippen MR) is 41.5 cm³/mol. The largest absolute Gasteiger partial charge is 2.00 e. The number of hydrogen-bond donors (Lipinski definition) is 0. The van der Waals surface area contributed by atoms with Crippen LogP contribution in [0.4, 0.5) is 0 Å². The molecule has 11 nitrogen and oxygen atoms in total. The van der Waals surface area contributed by atoms with Gasteiger partial charge >= 0.3 is 52.6 Å². The van der Waals surface area contributed by atoms with Crippen LogP contribution in [0.15, 0.2) is 0 Å². The first-order valence-electron chi connectivity index (χ1n) is 0.667. The Morgan fingerprint density at radius 1 is 0.643 bits per heavy atom. The molecule has 14 N–H and O–H groups in total. The van der Waals surface area contributed by atoms with E-state index in [4.69, 9.17) is 17.5 Å². The van der Waals surface area contributed by atoms with Crippen molar-refractivity contribution in [3.8, 4) is 0 Å². The molecular weight excluding hydrogens is 255 g/mol. The van der Waals surface area contributed by atoms with Crippen LogP contribution < -0.4 is 29.6 Å². The van der Waals surface area contributed by atoms with Crippen molar-refractivity contribution in [3.05, 3.63) is 0 Å². The van der Waals surface area contributed by atoms with E-state index >= 15 is 0 Å². The third kappa shape index (κ3) is 1110. The van der Waals surface area contributed by atoms with Crippen LogP contribution in [-0.4, -0.2) is 78.9 Å². The smallest absolute Gasteiger partial charge is 0.759 e. The van der Waals surface area contributed by atoms with E-state index in [0.717, 1.165) is 0 Å². The molecule has 0 saturated carbocycles. The van der Waals surface area contributed by atoms with Crippen LogP contribution >= 0.6 is 0 Å². The zero-order valence-corrected chi connectivity index (χ0v) is 11.5. The van der Waals surface area contributed by atoms with Crippen molar-refractivity contribution in [3.63, 3.8) is 0 Å². The van der Waals surface area contributed by atoms with Crippen LogP contribution in [0.1, 0.15) is 0 Å². The summed E-state index contributed by atoms with van der Waals surface area (Å²) in [5.74, 6) is 0. The molecule has 0 aliphatic heterocycles. The normalized spacial score (nSPS) is 4.14. The summed E-state index contributed by atoms with van der Waals surface area (Å²) in [7, 11) is -5.17. The first-order valence-corrected chi connectivity index (χ1v) is 2.00. The van der Waals surface area contributed by atoms with E-state index in [2.05, 4.69) is 0 Å². The van der Waals surface area contributed by atoms with Crippen molar-refractivity contribution < 1.29 is 85.4 Å². The van der Waals surface area contributed by atoms with Gasteiger partial charge in [-0.1, -0.05) is 0 Å². The van der Waals surface area contributed by atoms with E-state index < -0.39 is 10.4 Å². The first-order chi connectivity index (χ1) is 2.00. The third-order valence-corrected chi connectivity index (χ3v) is 0. The van der Waals surface area contributed by atoms with Gasteiger partial charge in [0, 0.05) is 10.4 Å². The Labute approximate surface area is 118 Å². The maximum absolute atomic E-state index is 8.52. The van der Waals surface area contributed by atoms with Gasteiger partial charge in [-0.2, -0.15) is 0 Å². The monoisotopic (exact) mass is 269 g/mol. The van der Waals surface area contributed by atoms with Gasteiger partial charge in [-0.25, -0.2) is 0 Å². The average Bonchev–Trinajstić information content (AvgIpc) is 0.722. The average molecular weight is 269 g/mol. The van der Waals surface area contributed by atoms with E-state index in [1.165, 1.54) is 0 Å². The van der Waals surface area contributed by atoms with Gasteiger partial charge in [-0.05, 0) is 0 Å². The summed E-state index contributed by atoms with van der Waals surface area (Å²) in [6.45, 7) is 0. The van der Waals surface area contributed by atoms with E-state index in [0.29, 0.717) is 0 Å². The third-order valence-electron chi connectivity index (χ3n) is 0. The molecule has 88 valence electrons. The Hall–Kier alpha value is 1.36. The van der Waals surface area contributed by atoms with Gasteiger partial charge in [-0.15, -0.1) is 0 Å². The fourth-order valence-corrected chi connectivity index (χ4v) is 0. The zero-order chi connectivity index (χ0) is 4.50. The van der Waals surface area contributed by atoms with Gasteiger partial charge in [-0.3, -0.25) is 8.42 Å². The van der Waals surface area contributed by atoms with Crippen molar-refractivity contribution in [1.29, 1.82) is 0 Å². The number of rotatable bonds is 0. The van der Waals surface area contributed by atoms with Crippen LogP contribution in [-0.2, 0) is 10.4 Å². The zero-order valence-electron chi connectivity index (χ0n) is 7.25. The van der Waals surface area contributed by atoms with Gasteiger partial charge in [0.15, 0.2) is 0 Å². The Morgan fingerprint density at radius 3 is 0.643 bits per heavy atom. The summed E-state index contributed by atoms with van der Waals surface area (Å²) in [5, 5.41) is 0. The van der Waals surface area contributed by atoms with Gasteiger partial charge in [0.2, 0.25) is 0 Å². The molecule has 0 amide bonds. The Bertz CT molecular complexity index is 98.5. The maximum atomic E-state index is 8.52. The summed E-state index contributed by atoms with van der Waals surface area (Å²) >= 11 is 0. The Kier molecular flexibility index (Phi) is 373. The molecule has 0 aromatic heterocycles. The minimum atomic E-state index is -5.17. The maximum Gasteiger partial charge on any atom is 2.00 e. The fraction of sp³-hybridized carbons (Fsp3) is 0. The Morgan fingerprint density at radius 2 is 0.643 bits per heavy atom. The molecule has 0 aromatic carbocycles. The molecule has 0 saturated heterocycles. The standard InChI is InChI=1S/Mg.Na.H2O4S.7H2O/c;;1-5(2,3)4;;;;;;;/h;;(H2,1,2,3,4);7*1H2/q+2;+1;;;;;;;;/p-2. The van der Waals surface area contributed by atoms with Gasteiger partial charge in [0.1, 0.15) is 0 Å². The SMILES string of the molecule is O.O.O.O.O.O.O.O=S(=O)([O-])[O-].[Mg+2].[Na+].